The molecular formula is C112H110ClN15O15. The first kappa shape index (κ1) is 106. The van der Waals surface area contributed by atoms with Gasteiger partial charge in [-0.05, 0) is 193 Å². The molecule has 5 N–H and O–H groups in total. The number of aromatic nitrogens is 5. The zero-order valence-electron chi connectivity index (χ0n) is 82.4. The van der Waals surface area contributed by atoms with Crippen molar-refractivity contribution in [1.82, 2.24) is 22.8 Å². The van der Waals surface area contributed by atoms with Crippen LogP contribution in [0.4, 0.5) is 52.4 Å². The van der Waals surface area contributed by atoms with Crippen molar-refractivity contribution < 1.29 is 71.3 Å². The van der Waals surface area contributed by atoms with Gasteiger partial charge < -0.3 is 70.2 Å². The summed E-state index contributed by atoms with van der Waals surface area (Å²) in [6.07, 6.45) is 2.90. The van der Waals surface area contributed by atoms with Crippen LogP contribution in [-0.2, 0) is 56.4 Å². The molecule has 0 spiro atoms. The summed E-state index contributed by atoms with van der Waals surface area (Å²) in [4.78, 5) is 59.2. The maximum absolute atomic E-state index is 12.2. The smallest absolute Gasteiger partial charge is 0.412 e. The predicted molar refractivity (Wildman–Crippen MR) is 559 cm³/mol. The van der Waals surface area contributed by atoms with Crippen LogP contribution in [0.1, 0.15) is 110 Å². The molecular weight excluding hydrogens is 1830 g/mol. The number of aryl methyl sites for hydroxylation is 5. The Labute approximate surface area is 835 Å². The number of amides is 5. The summed E-state index contributed by atoms with van der Waals surface area (Å²) in [7, 11) is 8.10. The predicted octanol–water partition coefficient (Wildman–Crippen LogP) is 25.5. The van der Waals surface area contributed by atoms with Crippen molar-refractivity contribution >= 4 is 125 Å². The molecule has 5 aromatic heterocycles. The first-order chi connectivity index (χ1) is 69.1. The highest BCUT2D eigenvalue weighted by Gasteiger charge is 2.27. The zero-order chi connectivity index (χ0) is 103. The normalized spacial score (nSPS) is 10.7. The van der Waals surface area contributed by atoms with E-state index in [4.69, 9.17) is 65.4 Å². The molecule has 0 aliphatic heterocycles. The third-order valence-electron chi connectivity index (χ3n) is 22.9. The third kappa shape index (κ3) is 25.2. The van der Waals surface area contributed by atoms with Crippen LogP contribution in [0.25, 0.3) is 111 Å². The summed E-state index contributed by atoms with van der Waals surface area (Å²) in [6, 6.07) is 76.6. The van der Waals surface area contributed by atoms with Gasteiger partial charge in [0.1, 0.15) is 65.2 Å². The van der Waals surface area contributed by atoms with Crippen molar-refractivity contribution in [1.29, 1.82) is 26.3 Å². The number of carbonyl (C=O) groups excluding carboxylic acids is 5. The molecule has 15 aromatic rings. The highest BCUT2D eigenvalue weighted by atomic mass is 35.5. The number of methoxy groups -OCH3 is 5. The molecule has 31 heteroatoms. The largest absolute Gasteiger partial charge is 0.497 e. The van der Waals surface area contributed by atoms with E-state index in [1.807, 2.05) is 245 Å². The fraction of sp³-hybridized carbons (Fsp3) is 0.250. The second-order valence-corrected chi connectivity index (χ2v) is 33.1. The molecule has 0 radical (unpaired) electrons. The zero-order valence-corrected chi connectivity index (χ0v) is 83.2. The summed E-state index contributed by atoms with van der Waals surface area (Å²) >= 11 is 5.41. The Morgan fingerprint density at radius 3 is 0.888 bits per heavy atom. The lowest BCUT2D eigenvalue weighted by atomic mass is 9.99. The summed E-state index contributed by atoms with van der Waals surface area (Å²) in [6.45, 7) is 25.4. The Bertz CT molecular complexity index is 7530. The van der Waals surface area contributed by atoms with Crippen LogP contribution >= 0.6 is 11.6 Å². The van der Waals surface area contributed by atoms with Crippen molar-refractivity contribution in [3.63, 3.8) is 0 Å². The standard InChI is InChI=1S/C24H27N3O3.C23H25N3O3.C23H21N3O3.C22H19N3O3.C20H18ClN3O3/c1-6-27-21-13-18(29-5)10-11-19(21)20(14-25)22(27)16-8-7-9-17(12-16)26-23(28)30-15-24(2,3)4;1-5-15(3)29-23(27)25-17-9-7-16(8-10-17)22-20(14-24)19-12-11-18(28-4)13-21(19)26(22)6-2;1-4-6-12-29-23(27)25-17-9-7-8-16(13-17)22-20(15-24)19-11-10-18(28-3)14-21(19)26(22)5-2;1-4-12-28-22(26)24-16-8-6-15(7-9-16)21-19(14-23)18-11-10-17(27-3)13-20(18)25(21)5-2;1-3-24-18-10-15(26-2)7-8-16(18)17(11-22)19(24)13-5-4-6-14(9-13)23-20(25)27-12-21/h7-13H,6,15H2,1-5H3,(H,26,28);7-13,15H,5-6H2,1-4H3,(H,25,27);7-11,13-14H,5,12H2,1-3H3,(H,25,27);1,6-11,13H,5,12H2,2-3H3,(H,24,26);4-10H,3,12H2,1-2H3,(H,23,25). The van der Waals surface area contributed by atoms with E-state index < -0.39 is 30.5 Å². The maximum Gasteiger partial charge on any atom is 0.412 e. The number of terminal acetylenes is 1. The molecule has 0 saturated heterocycles. The molecule has 0 aliphatic rings. The van der Waals surface area contributed by atoms with Crippen LogP contribution in [0, 0.1) is 86.3 Å². The Hall–Kier alpha value is -17.9. The minimum absolute atomic E-state index is 0.0342. The van der Waals surface area contributed by atoms with Crippen LogP contribution in [0.2, 0.25) is 0 Å². The van der Waals surface area contributed by atoms with Crippen molar-refractivity contribution in [2.45, 2.75) is 121 Å². The Kier molecular flexibility index (Phi) is 36.9. The van der Waals surface area contributed by atoms with E-state index in [1.54, 1.807) is 78.9 Å². The summed E-state index contributed by atoms with van der Waals surface area (Å²) in [5.74, 6) is 11.3. The fourth-order valence-electron chi connectivity index (χ4n) is 16.3. The van der Waals surface area contributed by atoms with Crippen molar-refractivity contribution in [3.8, 4) is 140 Å². The maximum atomic E-state index is 12.2. The molecule has 15 rings (SSSR count). The monoisotopic (exact) mass is 1940 g/mol. The molecule has 143 heavy (non-hydrogen) atoms. The Morgan fingerprint density at radius 1 is 0.357 bits per heavy atom. The molecule has 10 aromatic carbocycles. The van der Waals surface area contributed by atoms with Crippen LogP contribution in [0.15, 0.2) is 212 Å². The minimum atomic E-state index is -0.636. The molecule has 0 aliphatic carbocycles. The number of ether oxygens (including phenoxy) is 10. The van der Waals surface area contributed by atoms with Crippen LogP contribution in [0.5, 0.6) is 28.7 Å². The molecule has 0 saturated carbocycles. The van der Waals surface area contributed by atoms with Gasteiger partial charge in [-0.25, -0.2) is 24.0 Å². The highest BCUT2D eigenvalue weighted by molar-refractivity contribution is 6.17. The number of nitrogens with one attached hydrogen (secondary N) is 5. The van der Waals surface area contributed by atoms with E-state index in [9.17, 15) is 50.3 Å². The van der Waals surface area contributed by atoms with Gasteiger partial charge in [0, 0.05) is 135 Å². The average molecular weight is 1940 g/mol. The van der Waals surface area contributed by atoms with Gasteiger partial charge in [0.2, 0.25) is 0 Å². The van der Waals surface area contributed by atoms with E-state index in [1.165, 1.54) is 0 Å². The first-order valence-electron chi connectivity index (χ1n) is 45.8. The van der Waals surface area contributed by atoms with Gasteiger partial charge in [-0.1, -0.05) is 112 Å². The number of nitrogens with zero attached hydrogens (tertiary/aromatic N) is 10. The van der Waals surface area contributed by atoms with E-state index >= 15 is 0 Å². The first-order valence-corrected chi connectivity index (χ1v) is 46.4. The van der Waals surface area contributed by atoms with Crippen LogP contribution < -0.4 is 50.3 Å². The third-order valence-corrected chi connectivity index (χ3v) is 23.0. The molecule has 5 heterocycles. The Balaban J connectivity index is 0.000000171. The number of fused-ring (bicyclic) bond motifs is 5. The van der Waals surface area contributed by atoms with Crippen molar-refractivity contribution in [2.75, 3.05) is 88.0 Å². The van der Waals surface area contributed by atoms with Crippen LogP contribution in [0.3, 0.4) is 0 Å². The van der Waals surface area contributed by atoms with Gasteiger partial charge in [-0.3, -0.25) is 26.6 Å². The highest BCUT2D eigenvalue weighted by Crippen LogP contribution is 2.43. The second kappa shape index (κ2) is 49.9. The summed E-state index contributed by atoms with van der Waals surface area (Å²) in [5.41, 5.74) is 18.9. The fourth-order valence-corrected chi connectivity index (χ4v) is 16.4. The van der Waals surface area contributed by atoms with E-state index in [0.29, 0.717) is 95.6 Å². The molecule has 1 unspecified atom stereocenters. The lowest BCUT2D eigenvalue weighted by Crippen LogP contribution is -2.21. The SMILES string of the molecule is C#CCOC(=O)Nc1ccc(-c2c(C#N)c3ccc(OC)cc3n2CC)cc1.CC#CCOC(=O)Nc1cccc(-c2c(C#N)c3ccc(OC)cc3n2CC)c1.CCC(C)OC(=O)Nc1ccc(-c2c(C#N)c3ccc(OC)cc3n2CC)cc1.CCn1c(-c2cccc(NC(=O)OCC(C)(C)C)c2)c(C#N)c2ccc(OC)cc21.CCn1c(-c2cccc(NC(=O)OCCl)c2)c(C#N)c2ccc(OC)cc21. The lowest BCUT2D eigenvalue weighted by Gasteiger charge is -2.18. The van der Waals surface area contributed by atoms with Gasteiger partial charge in [0.15, 0.2) is 19.3 Å². The number of hydrogen-bond acceptors (Lipinski definition) is 20. The van der Waals surface area contributed by atoms with Gasteiger partial charge in [0.25, 0.3) is 0 Å². The van der Waals surface area contributed by atoms with Gasteiger partial charge in [-0.15, -0.1) is 12.3 Å². The van der Waals surface area contributed by atoms with Crippen molar-refractivity contribution in [2.24, 2.45) is 5.41 Å². The summed E-state index contributed by atoms with van der Waals surface area (Å²) in [5, 5.41) is 67.0. The molecule has 0 fully saturated rings. The van der Waals surface area contributed by atoms with E-state index in [-0.39, 0.29) is 30.8 Å². The number of anilines is 5. The number of carbonyl (C=O) groups is 5. The average Bonchev–Trinajstić information content (AvgIpc) is 1.63. The second-order valence-electron chi connectivity index (χ2n) is 32.9. The minimum Gasteiger partial charge on any atom is -0.497 e. The molecule has 5 amide bonds. The van der Waals surface area contributed by atoms with Gasteiger partial charge in [0.05, 0.1) is 126 Å². The quantitative estimate of drug-likeness (QED) is 0.0191. The number of hydrogen-bond donors (Lipinski definition) is 5. The van der Waals surface area contributed by atoms with Gasteiger partial charge >= 0.3 is 30.5 Å². The number of alkyl halides is 1. The number of rotatable bonds is 26. The number of benzene rings is 10. The Morgan fingerprint density at radius 2 is 0.629 bits per heavy atom. The lowest BCUT2D eigenvalue weighted by molar-refractivity contribution is 0.118. The van der Waals surface area contributed by atoms with E-state index in [0.717, 1.165) is 146 Å². The van der Waals surface area contributed by atoms with E-state index in [2.05, 4.69) is 97.5 Å². The molecule has 730 valence electrons. The summed E-state index contributed by atoms with van der Waals surface area (Å²) < 4.78 is 62.2. The molecule has 30 nitrogen and oxygen atoms in total. The topological polar surface area (TPSA) is 381 Å². The number of nitriles is 5. The molecule has 0 bridgehead atoms. The number of halogens is 1. The van der Waals surface area contributed by atoms with Gasteiger partial charge in [-0.2, -0.15) is 26.3 Å². The van der Waals surface area contributed by atoms with Crippen LogP contribution in [-0.4, -0.2) is 121 Å². The molecule has 1 atom stereocenters. The van der Waals surface area contributed by atoms with Crippen molar-refractivity contribution in [3.05, 3.63) is 240 Å².